The zero-order chi connectivity index (χ0) is 14.3. The van der Waals surface area contributed by atoms with Crippen LogP contribution in [0.5, 0.6) is 0 Å². The zero-order valence-electron chi connectivity index (χ0n) is 13.0. The van der Waals surface area contributed by atoms with E-state index in [2.05, 4.69) is 16.9 Å². The summed E-state index contributed by atoms with van der Waals surface area (Å²) in [5.41, 5.74) is 0. The van der Waals surface area contributed by atoms with Gasteiger partial charge in [0.15, 0.2) is 0 Å². The topological polar surface area (TPSA) is 50.4 Å². The Kier molecular flexibility index (Phi) is 9.02. The number of amides is 1. The van der Waals surface area contributed by atoms with Crippen LogP contribution >= 0.6 is 24.2 Å². The Morgan fingerprint density at radius 1 is 1.33 bits per heavy atom. The first-order valence-electron chi connectivity index (χ1n) is 7.84. The van der Waals surface area contributed by atoms with Gasteiger partial charge in [-0.3, -0.25) is 4.79 Å². The Hall–Kier alpha value is 0.0300. The predicted octanol–water partition coefficient (Wildman–Crippen LogP) is 2.22. The number of halogens is 1. The molecule has 124 valence electrons. The van der Waals surface area contributed by atoms with Gasteiger partial charge in [-0.1, -0.05) is 0 Å². The fourth-order valence-corrected chi connectivity index (χ4v) is 3.84. The van der Waals surface area contributed by atoms with Crippen molar-refractivity contribution in [3.8, 4) is 0 Å². The van der Waals surface area contributed by atoms with E-state index in [-0.39, 0.29) is 23.1 Å². The number of hydrogen-bond acceptors (Lipinski definition) is 4. The van der Waals surface area contributed by atoms with Gasteiger partial charge in [0, 0.05) is 30.9 Å². The van der Waals surface area contributed by atoms with Crippen molar-refractivity contribution in [1.29, 1.82) is 0 Å². The quantitative estimate of drug-likeness (QED) is 0.781. The zero-order valence-corrected chi connectivity index (χ0v) is 14.6. The molecule has 0 spiro atoms. The van der Waals surface area contributed by atoms with E-state index in [0.717, 1.165) is 58.0 Å². The van der Waals surface area contributed by atoms with Gasteiger partial charge in [-0.05, 0) is 57.4 Å². The first kappa shape index (κ1) is 19.1. The standard InChI is InChI=1S/C15H28N2O2S.ClH/c1-20-15(6-10-19-11-7-15)12-17-14(18)3-2-13-4-8-16-9-5-13;/h13,16H,2-12H2,1H3,(H,17,18);1H. The molecule has 0 aromatic heterocycles. The van der Waals surface area contributed by atoms with Gasteiger partial charge in [-0.2, -0.15) is 11.8 Å². The molecule has 4 nitrogen and oxygen atoms in total. The lowest BCUT2D eigenvalue weighted by Gasteiger charge is -2.35. The number of hydrogen-bond donors (Lipinski definition) is 2. The molecule has 0 aliphatic carbocycles. The van der Waals surface area contributed by atoms with E-state index < -0.39 is 0 Å². The third kappa shape index (κ3) is 6.35. The Morgan fingerprint density at radius 3 is 2.62 bits per heavy atom. The molecule has 2 saturated heterocycles. The minimum absolute atomic E-state index is 0. The van der Waals surface area contributed by atoms with Crippen molar-refractivity contribution in [2.75, 3.05) is 39.1 Å². The molecule has 0 bridgehead atoms. The Labute approximate surface area is 138 Å². The second kappa shape index (κ2) is 9.93. The summed E-state index contributed by atoms with van der Waals surface area (Å²) in [4.78, 5) is 12.0. The Bertz CT molecular complexity index is 306. The fraction of sp³-hybridized carbons (Fsp3) is 0.933. The van der Waals surface area contributed by atoms with Crippen LogP contribution in [0.15, 0.2) is 0 Å². The van der Waals surface area contributed by atoms with E-state index in [1.165, 1.54) is 12.8 Å². The molecule has 2 aliphatic heterocycles. The van der Waals surface area contributed by atoms with Crippen molar-refractivity contribution >= 4 is 30.1 Å². The van der Waals surface area contributed by atoms with Gasteiger partial charge in [0.25, 0.3) is 0 Å². The minimum Gasteiger partial charge on any atom is -0.381 e. The number of nitrogens with one attached hydrogen (secondary N) is 2. The summed E-state index contributed by atoms with van der Waals surface area (Å²) < 4.78 is 5.63. The van der Waals surface area contributed by atoms with Crippen LogP contribution in [0.4, 0.5) is 0 Å². The molecule has 6 heteroatoms. The lowest BCUT2D eigenvalue weighted by molar-refractivity contribution is -0.121. The van der Waals surface area contributed by atoms with Crippen LogP contribution in [0.1, 0.15) is 38.5 Å². The summed E-state index contributed by atoms with van der Waals surface area (Å²) in [7, 11) is 0. The number of piperidine rings is 1. The first-order chi connectivity index (χ1) is 9.74. The van der Waals surface area contributed by atoms with Crippen molar-refractivity contribution in [3.05, 3.63) is 0 Å². The SMILES string of the molecule is CSC1(CNC(=O)CCC2CCNCC2)CCOCC1.Cl. The molecule has 2 heterocycles. The average molecular weight is 337 g/mol. The molecular weight excluding hydrogens is 308 g/mol. The Balaban J connectivity index is 0.00000220. The van der Waals surface area contributed by atoms with Gasteiger partial charge in [-0.15, -0.1) is 12.4 Å². The molecule has 21 heavy (non-hydrogen) atoms. The third-order valence-corrected chi connectivity index (χ3v) is 6.10. The molecule has 1 amide bonds. The van der Waals surface area contributed by atoms with Crippen molar-refractivity contribution in [2.24, 2.45) is 5.92 Å². The summed E-state index contributed by atoms with van der Waals surface area (Å²) >= 11 is 1.88. The van der Waals surface area contributed by atoms with Crippen LogP contribution in [0.25, 0.3) is 0 Å². The van der Waals surface area contributed by atoms with E-state index in [1.54, 1.807) is 0 Å². The molecule has 0 atom stereocenters. The molecule has 2 N–H and O–H groups in total. The van der Waals surface area contributed by atoms with E-state index in [0.29, 0.717) is 6.42 Å². The van der Waals surface area contributed by atoms with Crippen LogP contribution in [-0.2, 0) is 9.53 Å². The van der Waals surface area contributed by atoms with Crippen molar-refractivity contribution in [2.45, 2.75) is 43.3 Å². The molecular formula is C15H29ClN2O2S. The van der Waals surface area contributed by atoms with Crippen molar-refractivity contribution in [3.63, 3.8) is 0 Å². The van der Waals surface area contributed by atoms with Gasteiger partial charge in [0.2, 0.25) is 5.91 Å². The van der Waals surface area contributed by atoms with E-state index >= 15 is 0 Å². The number of carbonyl (C=O) groups excluding carboxylic acids is 1. The molecule has 2 rings (SSSR count). The van der Waals surface area contributed by atoms with Crippen LogP contribution in [0, 0.1) is 5.92 Å². The summed E-state index contributed by atoms with van der Waals surface area (Å²) in [6.45, 7) is 4.67. The normalized spacial score (nSPS) is 22.3. The van der Waals surface area contributed by atoms with Gasteiger partial charge in [-0.25, -0.2) is 0 Å². The van der Waals surface area contributed by atoms with Gasteiger partial charge in [0.05, 0.1) is 0 Å². The Morgan fingerprint density at radius 2 is 2.00 bits per heavy atom. The van der Waals surface area contributed by atoms with Crippen LogP contribution in [0.3, 0.4) is 0 Å². The predicted molar refractivity (Wildman–Crippen MR) is 91.4 cm³/mol. The number of carbonyl (C=O) groups is 1. The summed E-state index contributed by atoms with van der Waals surface area (Å²) in [6, 6.07) is 0. The number of rotatable bonds is 6. The van der Waals surface area contributed by atoms with Gasteiger partial charge in [0.1, 0.15) is 0 Å². The number of ether oxygens (including phenoxy) is 1. The maximum absolute atomic E-state index is 12.0. The van der Waals surface area contributed by atoms with Crippen LogP contribution in [-0.4, -0.2) is 49.8 Å². The maximum atomic E-state index is 12.0. The lowest BCUT2D eigenvalue weighted by atomic mass is 9.93. The molecule has 0 unspecified atom stereocenters. The van der Waals surface area contributed by atoms with Crippen molar-refractivity contribution in [1.82, 2.24) is 10.6 Å². The second-order valence-corrected chi connectivity index (χ2v) is 7.28. The summed E-state index contributed by atoms with van der Waals surface area (Å²) in [5.74, 6) is 0.961. The molecule has 2 fully saturated rings. The highest BCUT2D eigenvalue weighted by Gasteiger charge is 2.32. The second-order valence-electron chi connectivity index (χ2n) is 6.01. The highest BCUT2D eigenvalue weighted by molar-refractivity contribution is 8.00. The van der Waals surface area contributed by atoms with Gasteiger partial charge < -0.3 is 15.4 Å². The maximum Gasteiger partial charge on any atom is 0.220 e. The lowest BCUT2D eigenvalue weighted by Crippen LogP contribution is -2.44. The smallest absolute Gasteiger partial charge is 0.220 e. The first-order valence-corrected chi connectivity index (χ1v) is 9.07. The summed E-state index contributed by atoms with van der Waals surface area (Å²) in [5, 5.41) is 6.52. The molecule has 0 saturated carbocycles. The van der Waals surface area contributed by atoms with Crippen LogP contribution in [0.2, 0.25) is 0 Å². The van der Waals surface area contributed by atoms with Crippen LogP contribution < -0.4 is 10.6 Å². The molecule has 0 radical (unpaired) electrons. The molecule has 0 aromatic carbocycles. The van der Waals surface area contributed by atoms with E-state index in [9.17, 15) is 4.79 Å². The largest absolute Gasteiger partial charge is 0.381 e. The van der Waals surface area contributed by atoms with E-state index in [4.69, 9.17) is 4.74 Å². The molecule has 0 aromatic rings. The van der Waals surface area contributed by atoms with Crippen molar-refractivity contribution < 1.29 is 9.53 Å². The fourth-order valence-electron chi connectivity index (χ4n) is 3.05. The highest BCUT2D eigenvalue weighted by Crippen LogP contribution is 2.33. The number of thioether (sulfide) groups is 1. The highest BCUT2D eigenvalue weighted by atomic mass is 35.5. The monoisotopic (exact) mass is 336 g/mol. The van der Waals surface area contributed by atoms with Gasteiger partial charge >= 0.3 is 0 Å². The van der Waals surface area contributed by atoms with E-state index in [1.807, 2.05) is 11.8 Å². The average Bonchev–Trinajstić information content (AvgIpc) is 2.53. The minimum atomic E-state index is 0. The summed E-state index contributed by atoms with van der Waals surface area (Å²) in [6.07, 6.45) is 8.41. The molecule has 2 aliphatic rings. The third-order valence-electron chi connectivity index (χ3n) is 4.68.